The Hall–Kier alpha value is -2.14. The van der Waals surface area contributed by atoms with Gasteiger partial charge in [-0.15, -0.1) is 0 Å². The summed E-state index contributed by atoms with van der Waals surface area (Å²) in [4.78, 5) is 12.5. The molecule has 0 saturated carbocycles. The lowest BCUT2D eigenvalue weighted by Gasteiger charge is -2.09. The van der Waals surface area contributed by atoms with Crippen molar-refractivity contribution in [1.82, 2.24) is 0 Å². The lowest BCUT2D eigenvalue weighted by Crippen LogP contribution is -1.99. The summed E-state index contributed by atoms with van der Waals surface area (Å²) < 4.78 is 4.83. The fraction of sp³-hybridized carbons (Fsp3) is 0.188. The second kappa shape index (κ2) is 6.54. The van der Waals surface area contributed by atoms with Crippen LogP contribution >= 0.6 is 11.8 Å². The quantitative estimate of drug-likeness (QED) is 0.389. The van der Waals surface area contributed by atoms with Crippen molar-refractivity contribution in [3.8, 4) is 11.5 Å². The highest BCUT2D eigenvalue weighted by Gasteiger charge is 2.12. The molecule has 0 bridgehead atoms. The van der Waals surface area contributed by atoms with Crippen molar-refractivity contribution in [2.75, 3.05) is 6.61 Å². The Morgan fingerprint density at radius 2 is 1.95 bits per heavy atom. The van der Waals surface area contributed by atoms with Crippen molar-refractivity contribution >= 4 is 28.5 Å². The molecule has 0 aliphatic heterocycles. The number of phenolic OH excluding ortho intramolecular Hbond substituents is 2. The molecule has 4 nitrogen and oxygen atoms in total. The van der Waals surface area contributed by atoms with Gasteiger partial charge in [0, 0.05) is 16.8 Å². The summed E-state index contributed by atoms with van der Waals surface area (Å²) in [7, 11) is 0. The third-order valence-corrected chi connectivity index (χ3v) is 3.81. The van der Waals surface area contributed by atoms with Crippen molar-refractivity contribution in [3.63, 3.8) is 0 Å². The van der Waals surface area contributed by atoms with Crippen LogP contribution < -0.4 is 0 Å². The monoisotopic (exact) mass is 304 g/mol. The van der Waals surface area contributed by atoms with Gasteiger partial charge in [0.05, 0.1) is 11.5 Å². The highest BCUT2D eigenvalue weighted by atomic mass is 32.2. The molecule has 0 radical (unpaired) electrons. The van der Waals surface area contributed by atoms with Crippen molar-refractivity contribution in [1.29, 1.82) is 0 Å². The summed E-state index contributed by atoms with van der Waals surface area (Å²) in [5, 5.41) is 21.5. The van der Waals surface area contributed by atoms with E-state index in [-0.39, 0.29) is 11.5 Å². The largest absolute Gasteiger partial charge is 0.507 e. The molecule has 0 aromatic heterocycles. The van der Waals surface area contributed by atoms with Crippen LogP contribution in [0.15, 0.2) is 46.2 Å². The number of esters is 1. The van der Waals surface area contributed by atoms with Gasteiger partial charge >= 0.3 is 5.97 Å². The van der Waals surface area contributed by atoms with E-state index in [1.807, 2.05) is 0 Å². The van der Waals surface area contributed by atoms with Gasteiger partial charge in [-0.3, -0.25) is 0 Å². The number of carbonyl (C=O) groups excluding carboxylic acids is 1. The maximum Gasteiger partial charge on any atom is 0.331 e. The Kier molecular flexibility index (Phi) is 4.75. The number of aromatic hydroxyl groups is 2. The van der Waals surface area contributed by atoms with E-state index in [9.17, 15) is 15.0 Å². The fourth-order valence-electron chi connectivity index (χ4n) is 1.95. The van der Waals surface area contributed by atoms with Crippen LogP contribution in [-0.2, 0) is 9.53 Å². The molecule has 2 rings (SSSR count). The Balaban J connectivity index is 2.35. The van der Waals surface area contributed by atoms with E-state index in [4.69, 9.17) is 4.74 Å². The van der Waals surface area contributed by atoms with E-state index in [0.717, 1.165) is 0 Å². The van der Waals surface area contributed by atoms with E-state index >= 15 is 0 Å². The van der Waals surface area contributed by atoms with Gasteiger partial charge < -0.3 is 14.9 Å². The molecule has 0 aliphatic carbocycles. The summed E-state index contributed by atoms with van der Waals surface area (Å²) in [6.07, 6.45) is 1.36. The summed E-state index contributed by atoms with van der Waals surface area (Å²) in [6.45, 7) is 3.80. The number of phenols is 2. The first kappa shape index (κ1) is 15.3. The number of benzene rings is 2. The zero-order valence-corrected chi connectivity index (χ0v) is 12.6. The normalized spacial score (nSPS) is 11.6. The van der Waals surface area contributed by atoms with Crippen molar-refractivity contribution in [2.45, 2.75) is 18.7 Å². The maximum atomic E-state index is 11.4. The van der Waals surface area contributed by atoms with Crippen LogP contribution in [-0.4, -0.2) is 22.8 Å². The van der Waals surface area contributed by atoms with E-state index in [2.05, 4.69) is 0 Å². The van der Waals surface area contributed by atoms with Gasteiger partial charge in [-0.25, -0.2) is 4.79 Å². The van der Waals surface area contributed by atoms with Crippen molar-refractivity contribution in [2.24, 2.45) is 0 Å². The van der Waals surface area contributed by atoms with Crippen molar-refractivity contribution in [3.05, 3.63) is 41.3 Å². The molecule has 0 amide bonds. The number of thioether (sulfide) groups is 1. The average Bonchev–Trinajstić information content (AvgIpc) is 2.44. The van der Waals surface area contributed by atoms with E-state index in [1.165, 1.54) is 23.9 Å². The summed E-state index contributed by atoms with van der Waals surface area (Å²) in [6, 6.07) is 8.54. The molecule has 2 aromatic carbocycles. The molecule has 0 atom stereocenters. The van der Waals surface area contributed by atoms with Crippen LogP contribution in [0.25, 0.3) is 10.8 Å². The lowest BCUT2D eigenvalue weighted by atomic mass is 10.1. The highest BCUT2D eigenvalue weighted by molar-refractivity contribution is 8.03. The molecule has 21 heavy (non-hydrogen) atoms. The minimum absolute atomic E-state index is 0.0880. The number of carbonyl (C=O) groups is 1. The first-order valence-corrected chi connectivity index (χ1v) is 7.31. The van der Waals surface area contributed by atoms with Gasteiger partial charge in [-0.1, -0.05) is 36.0 Å². The molecule has 0 aliphatic rings. The van der Waals surface area contributed by atoms with Crippen LogP contribution in [0.5, 0.6) is 11.5 Å². The van der Waals surface area contributed by atoms with Crippen LogP contribution in [0.4, 0.5) is 0 Å². The predicted octanol–water partition coefficient (Wildman–Crippen LogP) is 3.81. The third-order valence-electron chi connectivity index (χ3n) is 2.84. The molecule has 2 N–H and O–H groups in total. The van der Waals surface area contributed by atoms with E-state index < -0.39 is 5.97 Å². The first-order chi connectivity index (χ1) is 10.0. The van der Waals surface area contributed by atoms with E-state index in [0.29, 0.717) is 27.2 Å². The second-order valence-corrected chi connectivity index (χ2v) is 5.69. The maximum absolute atomic E-state index is 11.4. The lowest BCUT2D eigenvalue weighted by molar-refractivity contribution is -0.137. The SMILES string of the molecule is CCOC(=O)/C=C(/C)Sc1cc(O)c2ccccc2c1O. The van der Waals surface area contributed by atoms with Gasteiger partial charge in [0.1, 0.15) is 11.5 Å². The van der Waals surface area contributed by atoms with Crippen LogP contribution in [0.2, 0.25) is 0 Å². The standard InChI is InChI=1S/C16H16O4S/c1-3-20-15(18)8-10(2)21-14-9-13(17)11-6-4-5-7-12(11)16(14)19/h4-9,17,19H,3H2,1-2H3/b10-8-. The minimum Gasteiger partial charge on any atom is -0.507 e. The summed E-state index contributed by atoms with van der Waals surface area (Å²) in [5.74, 6) is -0.244. The molecule has 110 valence electrons. The zero-order chi connectivity index (χ0) is 15.4. The highest BCUT2D eigenvalue weighted by Crippen LogP contribution is 2.42. The molecular weight excluding hydrogens is 288 g/mol. The number of allylic oxidation sites excluding steroid dienone is 1. The van der Waals surface area contributed by atoms with Crippen LogP contribution in [0, 0.1) is 0 Å². The van der Waals surface area contributed by atoms with Gasteiger partial charge in [-0.2, -0.15) is 0 Å². The average molecular weight is 304 g/mol. The predicted molar refractivity (Wildman–Crippen MR) is 83.5 cm³/mol. The second-order valence-electron chi connectivity index (χ2n) is 4.40. The zero-order valence-electron chi connectivity index (χ0n) is 11.8. The Morgan fingerprint density at radius 3 is 2.62 bits per heavy atom. The number of hydrogen-bond donors (Lipinski definition) is 2. The Morgan fingerprint density at radius 1 is 1.29 bits per heavy atom. The van der Waals surface area contributed by atoms with Crippen molar-refractivity contribution < 1.29 is 19.7 Å². The molecule has 0 saturated heterocycles. The molecule has 0 fully saturated rings. The Labute approximate surface area is 127 Å². The molecule has 5 heteroatoms. The third kappa shape index (κ3) is 3.49. The Bertz CT molecular complexity index is 707. The van der Waals surface area contributed by atoms with Crippen LogP contribution in [0.1, 0.15) is 13.8 Å². The van der Waals surface area contributed by atoms with E-state index in [1.54, 1.807) is 38.1 Å². The van der Waals surface area contributed by atoms with Gasteiger partial charge in [0.2, 0.25) is 0 Å². The molecule has 0 spiro atoms. The fourth-order valence-corrected chi connectivity index (χ4v) is 2.83. The van der Waals surface area contributed by atoms with Crippen LogP contribution in [0.3, 0.4) is 0 Å². The number of rotatable bonds is 4. The van der Waals surface area contributed by atoms with Gasteiger partial charge in [-0.05, 0) is 24.8 Å². The number of hydrogen-bond acceptors (Lipinski definition) is 5. The molecular formula is C16H16O4S. The summed E-state index contributed by atoms with van der Waals surface area (Å²) in [5.41, 5.74) is 0. The molecule has 2 aromatic rings. The molecule has 0 heterocycles. The smallest absolute Gasteiger partial charge is 0.331 e. The van der Waals surface area contributed by atoms with Gasteiger partial charge in [0.15, 0.2) is 0 Å². The molecule has 0 unspecified atom stereocenters. The number of fused-ring (bicyclic) bond motifs is 1. The van der Waals surface area contributed by atoms with Gasteiger partial charge in [0.25, 0.3) is 0 Å². The minimum atomic E-state index is -0.424. The topological polar surface area (TPSA) is 66.8 Å². The number of ether oxygens (including phenoxy) is 1. The summed E-state index contributed by atoms with van der Waals surface area (Å²) >= 11 is 1.20. The first-order valence-electron chi connectivity index (χ1n) is 6.49.